The predicted octanol–water partition coefficient (Wildman–Crippen LogP) is 5.55. The number of methoxy groups -OCH3 is 4. The second kappa shape index (κ2) is 11.6. The van der Waals surface area contributed by atoms with Gasteiger partial charge in [-0.05, 0) is 61.1 Å². The zero-order valence-corrected chi connectivity index (χ0v) is 22.5. The van der Waals surface area contributed by atoms with Gasteiger partial charge in [0.2, 0.25) is 0 Å². The zero-order chi connectivity index (χ0) is 26.5. The molecule has 9 heteroatoms. The summed E-state index contributed by atoms with van der Waals surface area (Å²) in [5, 5.41) is 7.30. The number of carbonyl (C=O) groups is 2. The van der Waals surface area contributed by atoms with Crippen LogP contribution in [0.1, 0.15) is 50.1 Å². The zero-order valence-electron chi connectivity index (χ0n) is 21.7. The molecule has 1 amide bonds. The van der Waals surface area contributed by atoms with E-state index in [0.29, 0.717) is 46.5 Å². The lowest BCUT2D eigenvalue weighted by molar-refractivity contribution is 0.0600. The van der Waals surface area contributed by atoms with Gasteiger partial charge in [-0.3, -0.25) is 4.79 Å². The van der Waals surface area contributed by atoms with Crippen molar-refractivity contribution in [3.05, 3.63) is 63.5 Å². The van der Waals surface area contributed by atoms with Crippen LogP contribution in [0.2, 0.25) is 0 Å². The quantitative estimate of drug-likeness (QED) is 0.354. The molecule has 0 aliphatic heterocycles. The maximum atomic E-state index is 13.5. The molecule has 1 aliphatic rings. The highest BCUT2D eigenvalue weighted by Gasteiger charge is 2.28. The van der Waals surface area contributed by atoms with Crippen LogP contribution in [0.15, 0.2) is 36.4 Å². The lowest BCUT2D eigenvalue weighted by Gasteiger charge is -2.19. The number of amides is 1. The van der Waals surface area contributed by atoms with E-state index in [1.54, 1.807) is 63.0 Å². The number of thiophene rings is 1. The molecule has 0 bridgehead atoms. The lowest BCUT2D eigenvalue weighted by Crippen LogP contribution is -2.18. The van der Waals surface area contributed by atoms with E-state index in [4.69, 9.17) is 18.9 Å². The second-order valence-electron chi connectivity index (χ2n) is 8.95. The lowest BCUT2D eigenvalue weighted by atomic mass is 9.88. The van der Waals surface area contributed by atoms with E-state index in [1.807, 2.05) is 6.07 Å². The van der Waals surface area contributed by atoms with Crippen LogP contribution in [0.3, 0.4) is 0 Å². The molecule has 0 spiro atoms. The van der Waals surface area contributed by atoms with Gasteiger partial charge in [0.1, 0.15) is 10.8 Å². The summed E-state index contributed by atoms with van der Waals surface area (Å²) < 4.78 is 21.2. The van der Waals surface area contributed by atoms with Gasteiger partial charge in [0, 0.05) is 28.7 Å². The Balaban J connectivity index is 1.62. The van der Waals surface area contributed by atoms with Gasteiger partial charge in [-0.2, -0.15) is 0 Å². The minimum atomic E-state index is -0.420. The average molecular weight is 525 g/mol. The Kier molecular flexibility index (Phi) is 8.23. The molecule has 2 N–H and O–H groups in total. The Morgan fingerprint density at radius 1 is 0.973 bits per heavy atom. The molecule has 8 nitrogen and oxygen atoms in total. The normalized spacial score (nSPS) is 14.4. The molecular formula is C28H32N2O6S. The molecule has 196 valence electrons. The fourth-order valence-electron chi connectivity index (χ4n) is 4.52. The molecule has 0 saturated heterocycles. The van der Waals surface area contributed by atoms with E-state index in [9.17, 15) is 9.59 Å². The predicted molar refractivity (Wildman–Crippen MR) is 145 cm³/mol. The number of anilines is 2. The van der Waals surface area contributed by atoms with Gasteiger partial charge in [0.05, 0.1) is 39.6 Å². The molecule has 2 aromatic carbocycles. The summed E-state index contributed by atoms with van der Waals surface area (Å²) in [6.07, 6.45) is 2.86. The minimum Gasteiger partial charge on any atom is -0.496 e. The topological polar surface area (TPSA) is 95.1 Å². The first kappa shape index (κ1) is 26.3. The molecule has 37 heavy (non-hydrogen) atoms. The van der Waals surface area contributed by atoms with Crippen LogP contribution in [0.4, 0.5) is 10.7 Å². The fraction of sp³-hybridized carbons (Fsp3) is 0.357. The van der Waals surface area contributed by atoms with Gasteiger partial charge in [-0.15, -0.1) is 11.3 Å². The molecule has 0 fully saturated rings. The van der Waals surface area contributed by atoms with Crippen molar-refractivity contribution in [1.29, 1.82) is 0 Å². The SMILES string of the molecule is COC(=O)c1ccc(NC(=O)c2c(NCc3cc(OC)c(OC)cc3OC)sc3c2CC[C@H](C)C3)cc1. The first-order valence-corrected chi connectivity index (χ1v) is 12.9. The van der Waals surface area contributed by atoms with Crippen LogP contribution in [0, 0.1) is 5.92 Å². The van der Waals surface area contributed by atoms with E-state index in [1.165, 1.54) is 12.0 Å². The summed E-state index contributed by atoms with van der Waals surface area (Å²) in [5.74, 6) is 1.83. The maximum absolute atomic E-state index is 13.5. The number of nitrogens with one attached hydrogen (secondary N) is 2. The van der Waals surface area contributed by atoms with Crippen LogP contribution < -0.4 is 24.8 Å². The Morgan fingerprint density at radius 3 is 2.30 bits per heavy atom. The third kappa shape index (κ3) is 5.67. The van der Waals surface area contributed by atoms with Crippen molar-refractivity contribution >= 4 is 33.9 Å². The van der Waals surface area contributed by atoms with Crippen molar-refractivity contribution in [3.8, 4) is 17.2 Å². The van der Waals surface area contributed by atoms with Crippen molar-refractivity contribution in [2.75, 3.05) is 39.1 Å². The van der Waals surface area contributed by atoms with Gasteiger partial charge < -0.3 is 29.6 Å². The molecular weight excluding hydrogens is 492 g/mol. The van der Waals surface area contributed by atoms with Crippen molar-refractivity contribution < 1.29 is 28.5 Å². The largest absolute Gasteiger partial charge is 0.496 e. The second-order valence-corrected chi connectivity index (χ2v) is 10.1. The monoisotopic (exact) mass is 524 g/mol. The highest BCUT2D eigenvalue weighted by molar-refractivity contribution is 7.16. The molecule has 1 aromatic heterocycles. The third-order valence-electron chi connectivity index (χ3n) is 6.53. The fourth-order valence-corrected chi connectivity index (χ4v) is 5.93. The van der Waals surface area contributed by atoms with E-state index in [2.05, 4.69) is 17.6 Å². The number of ether oxygens (including phenoxy) is 4. The van der Waals surface area contributed by atoms with E-state index in [0.717, 1.165) is 35.4 Å². The molecule has 1 aliphatic carbocycles. The molecule has 1 atom stereocenters. The summed E-state index contributed by atoms with van der Waals surface area (Å²) in [4.78, 5) is 26.5. The van der Waals surface area contributed by atoms with Gasteiger partial charge in [-0.1, -0.05) is 6.92 Å². The van der Waals surface area contributed by atoms with Crippen molar-refractivity contribution in [2.24, 2.45) is 5.92 Å². The number of benzene rings is 2. The molecule has 0 radical (unpaired) electrons. The Labute approximate surface area is 220 Å². The van der Waals surface area contributed by atoms with Crippen LogP contribution >= 0.6 is 11.3 Å². The Hall–Kier alpha value is -3.72. The summed E-state index contributed by atoms with van der Waals surface area (Å²) in [6, 6.07) is 10.3. The van der Waals surface area contributed by atoms with Crippen LogP contribution in [0.25, 0.3) is 0 Å². The molecule has 0 saturated carbocycles. The number of fused-ring (bicyclic) bond motifs is 1. The summed E-state index contributed by atoms with van der Waals surface area (Å²) in [6.45, 7) is 2.68. The van der Waals surface area contributed by atoms with Gasteiger partial charge in [-0.25, -0.2) is 4.79 Å². The Morgan fingerprint density at radius 2 is 1.65 bits per heavy atom. The third-order valence-corrected chi connectivity index (χ3v) is 7.74. The van der Waals surface area contributed by atoms with Crippen LogP contribution in [-0.4, -0.2) is 40.3 Å². The first-order chi connectivity index (χ1) is 17.9. The molecule has 1 heterocycles. The van der Waals surface area contributed by atoms with E-state index in [-0.39, 0.29) is 5.91 Å². The number of esters is 1. The first-order valence-electron chi connectivity index (χ1n) is 12.1. The standard InChI is InChI=1S/C28H32N2O6S/c1-16-6-11-20-24(12-16)37-27(29-15-18-13-22(34-3)23(35-4)14-21(18)33-2)25(20)26(31)30-19-9-7-17(8-10-19)28(32)36-5/h7-10,13-14,16,29H,6,11-12,15H2,1-5H3,(H,30,31)/t16-/m0/s1. The van der Waals surface area contributed by atoms with E-state index < -0.39 is 5.97 Å². The Bertz CT molecular complexity index is 1280. The molecule has 3 aromatic rings. The number of hydrogen-bond donors (Lipinski definition) is 2. The average Bonchev–Trinajstić information content (AvgIpc) is 3.28. The maximum Gasteiger partial charge on any atom is 0.337 e. The van der Waals surface area contributed by atoms with Crippen molar-refractivity contribution in [3.63, 3.8) is 0 Å². The molecule has 0 unspecified atom stereocenters. The molecule has 4 rings (SSSR count). The highest BCUT2D eigenvalue weighted by atomic mass is 32.1. The highest BCUT2D eigenvalue weighted by Crippen LogP contribution is 2.41. The van der Waals surface area contributed by atoms with Crippen LogP contribution in [0.5, 0.6) is 17.2 Å². The number of hydrogen-bond acceptors (Lipinski definition) is 8. The van der Waals surface area contributed by atoms with Crippen molar-refractivity contribution in [2.45, 2.75) is 32.7 Å². The van der Waals surface area contributed by atoms with Gasteiger partial charge in [0.25, 0.3) is 5.91 Å². The summed E-state index contributed by atoms with van der Waals surface area (Å²) in [5.41, 5.74) is 3.68. The smallest absolute Gasteiger partial charge is 0.337 e. The van der Waals surface area contributed by atoms with Crippen LogP contribution in [-0.2, 0) is 24.1 Å². The number of carbonyl (C=O) groups excluding carboxylic acids is 2. The summed E-state index contributed by atoms with van der Waals surface area (Å²) in [7, 11) is 6.13. The van der Waals surface area contributed by atoms with Gasteiger partial charge in [0.15, 0.2) is 11.5 Å². The van der Waals surface area contributed by atoms with Crippen molar-refractivity contribution in [1.82, 2.24) is 0 Å². The number of rotatable bonds is 9. The van der Waals surface area contributed by atoms with E-state index >= 15 is 0 Å². The minimum absolute atomic E-state index is 0.181. The summed E-state index contributed by atoms with van der Waals surface area (Å²) >= 11 is 1.63. The van der Waals surface area contributed by atoms with Gasteiger partial charge >= 0.3 is 5.97 Å².